The molecule has 1 amide bonds. The fourth-order valence-corrected chi connectivity index (χ4v) is 2.71. The second kappa shape index (κ2) is 4.41. The first-order valence-electron chi connectivity index (χ1n) is 5.72. The van der Waals surface area contributed by atoms with Crippen LogP contribution in [-0.4, -0.2) is 32.1 Å². The van der Waals surface area contributed by atoms with Crippen LogP contribution in [0.25, 0.3) is 0 Å². The Bertz CT molecular complexity index is 576. The van der Waals surface area contributed by atoms with E-state index < -0.39 is 0 Å². The average molecular weight is 263 g/mol. The third-order valence-electron chi connectivity index (χ3n) is 3.02. The monoisotopic (exact) mass is 263 g/mol. The predicted octanol–water partition coefficient (Wildman–Crippen LogP) is 0.507. The molecule has 0 aromatic carbocycles. The lowest BCUT2D eigenvalue weighted by Crippen LogP contribution is -2.38. The number of hydrogen-bond acceptors (Lipinski definition) is 5. The molecule has 0 radical (unpaired) electrons. The number of amides is 1. The van der Waals surface area contributed by atoms with Crippen LogP contribution in [0.2, 0.25) is 0 Å². The smallest absolute Gasteiger partial charge is 0.229 e. The molecule has 0 bridgehead atoms. The summed E-state index contributed by atoms with van der Waals surface area (Å²) in [6.45, 7) is 2.27. The van der Waals surface area contributed by atoms with Gasteiger partial charge in [-0.3, -0.25) is 4.79 Å². The Kier molecular flexibility index (Phi) is 2.75. The lowest BCUT2D eigenvalue weighted by atomic mass is 10.2. The Balaban J connectivity index is 1.67. The second-order valence-corrected chi connectivity index (χ2v) is 5.31. The van der Waals surface area contributed by atoms with Crippen molar-refractivity contribution in [3.63, 3.8) is 0 Å². The van der Waals surface area contributed by atoms with Crippen molar-refractivity contribution in [3.05, 3.63) is 29.0 Å². The maximum Gasteiger partial charge on any atom is 0.229 e. The first kappa shape index (κ1) is 11.2. The highest BCUT2D eigenvalue weighted by Crippen LogP contribution is 2.16. The van der Waals surface area contributed by atoms with Crippen LogP contribution in [0.4, 0.5) is 5.13 Å². The molecule has 0 unspecified atom stereocenters. The van der Waals surface area contributed by atoms with Gasteiger partial charge in [0.05, 0.1) is 13.0 Å². The number of carbonyl (C=O) groups excluding carboxylic acids is 1. The average Bonchev–Trinajstić information content (AvgIpc) is 2.96. The van der Waals surface area contributed by atoms with Gasteiger partial charge in [0.15, 0.2) is 0 Å². The number of nitrogen functional groups attached to an aromatic ring is 1. The summed E-state index contributed by atoms with van der Waals surface area (Å²) in [6, 6.07) is 4.05. The van der Waals surface area contributed by atoms with Crippen molar-refractivity contribution in [1.82, 2.24) is 19.7 Å². The summed E-state index contributed by atoms with van der Waals surface area (Å²) in [6.07, 6.45) is 2.33. The van der Waals surface area contributed by atoms with Gasteiger partial charge in [-0.1, -0.05) is 11.3 Å². The quantitative estimate of drug-likeness (QED) is 0.856. The molecule has 2 N–H and O–H groups in total. The van der Waals surface area contributed by atoms with E-state index in [-0.39, 0.29) is 12.3 Å². The Morgan fingerprint density at radius 2 is 2.33 bits per heavy atom. The van der Waals surface area contributed by atoms with Crippen LogP contribution in [0.5, 0.6) is 0 Å². The number of aromatic nitrogens is 3. The number of nitrogens with two attached hydrogens (primary N) is 1. The minimum atomic E-state index is 0.0820. The van der Waals surface area contributed by atoms with Gasteiger partial charge >= 0.3 is 0 Å². The molecule has 2 aromatic rings. The standard InChI is InChI=1S/C11H13N5OS/c12-11-14-13-9(18-11)6-10(17)16-5-4-15-3-1-2-8(15)7-16/h1-3H,4-7H2,(H2,12,14). The fourth-order valence-electron chi connectivity index (χ4n) is 2.11. The van der Waals surface area contributed by atoms with Gasteiger partial charge in [0.25, 0.3) is 0 Å². The van der Waals surface area contributed by atoms with Crippen molar-refractivity contribution in [3.8, 4) is 0 Å². The zero-order valence-corrected chi connectivity index (χ0v) is 10.6. The minimum Gasteiger partial charge on any atom is -0.374 e. The molecule has 3 heterocycles. The zero-order chi connectivity index (χ0) is 12.5. The van der Waals surface area contributed by atoms with E-state index in [1.165, 1.54) is 17.0 Å². The summed E-state index contributed by atoms with van der Waals surface area (Å²) >= 11 is 1.27. The van der Waals surface area contributed by atoms with Crippen molar-refractivity contribution >= 4 is 22.4 Å². The highest BCUT2D eigenvalue weighted by molar-refractivity contribution is 7.15. The Morgan fingerprint density at radius 3 is 3.11 bits per heavy atom. The summed E-state index contributed by atoms with van der Waals surface area (Å²) in [7, 11) is 0. The maximum atomic E-state index is 12.1. The van der Waals surface area contributed by atoms with Gasteiger partial charge in [0.2, 0.25) is 11.0 Å². The van der Waals surface area contributed by atoms with E-state index in [0.29, 0.717) is 16.7 Å². The van der Waals surface area contributed by atoms with Crippen LogP contribution < -0.4 is 5.73 Å². The number of carbonyl (C=O) groups is 1. The largest absolute Gasteiger partial charge is 0.374 e. The maximum absolute atomic E-state index is 12.1. The molecule has 7 heteroatoms. The summed E-state index contributed by atoms with van der Waals surface area (Å²) in [5.41, 5.74) is 6.67. The van der Waals surface area contributed by atoms with E-state index >= 15 is 0 Å². The van der Waals surface area contributed by atoms with Gasteiger partial charge in [-0.15, -0.1) is 10.2 Å². The minimum absolute atomic E-state index is 0.0820. The first-order chi connectivity index (χ1) is 8.72. The summed E-state index contributed by atoms with van der Waals surface area (Å²) in [4.78, 5) is 14.0. The fraction of sp³-hybridized carbons (Fsp3) is 0.364. The molecule has 0 saturated carbocycles. The van der Waals surface area contributed by atoms with Crippen LogP contribution in [0.3, 0.4) is 0 Å². The van der Waals surface area contributed by atoms with Gasteiger partial charge < -0.3 is 15.2 Å². The topological polar surface area (TPSA) is 77.0 Å². The molecule has 0 spiro atoms. The van der Waals surface area contributed by atoms with E-state index in [2.05, 4.69) is 14.8 Å². The first-order valence-corrected chi connectivity index (χ1v) is 6.53. The number of rotatable bonds is 2. The summed E-state index contributed by atoms with van der Waals surface area (Å²) in [5.74, 6) is 0.0820. The van der Waals surface area contributed by atoms with Crippen molar-refractivity contribution in [1.29, 1.82) is 0 Å². The van der Waals surface area contributed by atoms with Gasteiger partial charge in [0, 0.05) is 25.0 Å². The number of hydrogen-bond donors (Lipinski definition) is 1. The Hall–Kier alpha value is -1.89. The molecule has 94 valence electrons. The van der Waals surface area contributed by atoms with E-state index in [1.54, 1.807) is 0 Å². The van der Waals surface area contributed by atoms with Crippen LogP contribution in [-0.2, 0) is 24.3 Å². The molecule has 3 rings (SSSR count). The lowest BCUT2D eigenvalue weighted by Gasteiger charge is -2.28. The van der Waals surface area contributed by atoms with Gasteiger partial charge in [-0.2, -0.15) is 0 Å². The SMILES string of the molecule is Nc1nnc(CC(=O)N2CCn3cccc3C2)s1. The summed E-state index contributed by atoms with van der Waals surface area (Å²) in [5, 5.41) is 8.68. The van der Waals surface area contributed by atoms with Gasteiger partial charge in [-0.05, 0) is 12.1 Å². The van der Waals surface area contributed by atoms with Crippen LogP contribution in [0, 0.1) is 0 Å². The molecule has 0 aliphatic carbocycles. The van der Waals surface area contributed by atoms with Gasteiger partial charge in [-0.25, -0.2) is 0 Å². The molecule has 1 aliphatic rings. The lowest BCUT2D eigenvalue weighted by molar-refractivity contribution is -0.131. The van der Waals surface area contributed by atoms with Crippen LogP contribution in [0.1, 0.15) is 10.7 Å². The molecular weight excluding hydrogens is 250 g/mol. The molecule has 1 aliphatic heterocycles. The molecule has 18 heavy (non-hydrogen) atoms. The highest BCUT2D eigenvalue weighted by atomic mass is 32.1. The molecule has 0 fully saturated rings. The zero-order valence-electron chi connectivity index (χ0n) is 9.74. The molecule has 6 nitrogen and oxygen atoms in total. The van der Waals surface area contributed by atoms with E-state index in [9.17, 15) is 4.79 Å². The van der Waals surface area contributed by atoms with Gasteiger partial charge in [0.1, 0.15) is 5.01 Å². The molecule has 0 saturated heterocycles. The van der Waals surface area contributed by atoms with Crippen LogP contribution >= 0.6 is 11.3 Å². The second-order valence-electron chi connectivity index (χ2n) is 4.22. The van der Waals surface area contributed by atoms with Crippen molar-refractivity contribution in [2.75, 3.05) is 12.3 Å². The molecule has 2 aromatic heterocycles. The highest BCUT2D eigenvalue weighted by Gasteiger charge is 2.21. The third kappa shape index (κ3) is 2.08. The molecule has 0 atom stereocenters. The predicted molar refractivity (Wildman–Crippen MR) is 67.9 cm³/mol. The Morgan fingerprint density at radius 1 is 1.44 bits per heavy atom. The molecular formula is C11H13N5OS. The number of anilines is 1. The summed E-state index contributed by atoms with van der Waals surface area (Å²) < 4.78 is 2.17. The van der Waals surface area contributed by atoms with Crippen molar-refractivity contribution in [2.24, 2.45) is 0 Å². The number of nitrogens with zero attached hydrogens (tertiary/aromatic N) is 4. The number of fused-ring (bicyclic) bond motifs is 1. The van der Waals surface area contributed by atoms with E-state index in [0.717, 1.165) is 13.1 Å². The third-order valence-corrected chi connectivity index (χ3v) is 3.78. The van der Waals surface area contributed by atoms with Crippen molar-refractivity contribution in [2.45, 2.75) is 19.5 Å². The van der Waals surface area contributed by atoms with Crippen molar-refractivity contribution < 1.29 is 4.79 Å². The van der Waals surface area contributed by atoms with Crippen LogP contribution in [0.15, 0.2) is 18.3 Å². The Labute approximate surface area is 108 Å². The van der Waals surface area contributed by atoms with E-state index in [1.807, 2.05) is 23.2 Å². The van der Waals surface area contributed by atoms with E-state index in [4.69, 9.17) is 5.73 Å². The normalized spacial score (nSPS) is 14.6.